The highest BCUT2D eigenvalue weighted by Gasteiger charge is 2.15. The zero-order chi connectivity index (χ0) is 20.5. The second kappa shape index (κ2) is 7.81. The maximum atomic E-state index is 6.46. The Morgan fingerprint density at radius 1 is 0.500 bits per heavy atom. The zero-order valence-electron chi connectivity index (χ0n) is 16.3. The fourth-order valence-electron chi connectivity index (χ4n) is 4.09. The van der Waals surface area contributed by atoms with Gasteiger partial charge >= 0.3 is 0 Å². The molecule has 144 valence electrons. The highest BCUT2D eigenvalue weighted by Crippen LogP contribution is 2.42. The van der Waals surface area contributed by atoms with Crippen LogP contribution in [-0.4, -0.2) is 0 Å². The molecule has 0 aliphatic rings. The first-order valence-corrected chi connectivity index (χ1v) is 10.7. The molecule has 0 atom stereocenters. The Kier molecular flexibility index (Phi) is 4.86. The van der Waals surface area contributed by atoms with Crippen molar-refractivity contribution in [3.05, 3.63) is 114 Å². The molecule has 0 saturated heterocycles. The summed E-state index contributed by atoms with van der Waals surface area (Å²) in [6.07, 6.45) is 0. The molecule has 0 amide bonds. The molecule has 0 unspecified atom stereocenters. The van der Waals surface area contributed by atoms with Gasteiger partial charge in [-0.25, -0.2) is 0 Å². The van der Waals surface area contributed by atoms with Crippen molar-refractivity contribution in [1.29, 1.82) is 0 Å². The SMILES string of the molecule is Nc1ccc(Br)c(-c2ccccc2)c1-c1ccc(-c2cccc3ccccc23)cc1. The summed E-state index contributed by atoms with van der Waals surface area (Å²) in [5, 5.41) is 2.52. The lowest BCUT2D eigenvalue weighted by atomic mass is 9.91. The van der Waals surface area contributed by atoms with Crippen LogP contribution in [0.3, 0.4) is 0 Å². The van der Waals surface area contributed by atoms with Crippen LogP contribution in [0.25, 0.3) is 44.2 Å². The largest absolute Gasteiger partial charge is 0.398 e. The molecule has 0 aliphatic carbocycles. The predicted molar refractivity (Wildman–Crippen MR) is 132 cm³/mol. The van der Waals surface area contributed by atoms with Crippen LogP contribution in [0.15, 0.2) is 114 Å². The van der Waals surface area contributed by atoms with Gasteiger partial charge < -0.3 is 5.73 Å². The van der Waals surface area contributed by atoms with Crippen LogP contribution >= 0.6 is 15.9 Å². The first kappa shape index (κ1) is 18.7. The van der Waals surface area contributed by atoms with E-state index >= 15 is 0 Å². The molecule has 0 heterocycles. The first-order valence-electron chi connectivity index (χ1n) is 9.94. The van der Waals surface area contributed by atoms with Crippen molar-refractivity contribution in [2.45, 2.75) is 0 Å². The highest BCUT2D eigenvalue weighted by molar-refractivity contribution is 9.10. The zero-order valence-corrected chi connectivity index (χ0v) is 17.9. The number of nitrogens with two attached hydrogens (primary N) is 1. The third-order valence-electron chi connectivity index (χ3n) is 5.52. The fraction of sp³-hybridized carbons (Fsp3) is 0. The number of fused-ring (bicyclic) bond motifs is 1. The molecular formula is C28H20BrN. The summed E-state index contributed by atoms with van der Waals surface area (Å²) in [4.78, 5) is 0. The van der Waals surface area contributed by atoms with Gasteiger partial charge in [0, 0.05) is 21.3 Å². The number of benzene rings is 5. The number of hydrogen-bond acceptors (Lipinski definition) is 1. The van der Waals surface area contributed by atoms with E-state index in [1.807, 2.05) is 18.2 Å². The van der Waals surface area contributed by atoms with Gasteiger partial charge in [0.1, 0.15) is 0 Å². The summed E-state index contributed by atoms with van der Waals surface area (Å²) < 4.78 is 1.04. The minimum atomic E-state index is 0.773. The van der Waals surface area contributed by atoms with Gasteiger partial charge in [-0.3, -0.25) is 0 Å². The van der Waals surface area contributed by atoms with Crippen molar-refractivity contribution >= 4 is 32.4 Å². The van der Waals surface area contributed by atoms with Gasteiger partial charge in [-0.15, -0.1) is 0 Å². The molecule has 0 fully saturated rings. The fourth-order valence-corrected chi connectivity index (χ4v) is 4.64. The Morgan fingerprint density at radius 3 is 1.93 bits per heavy atom. The molecule has 0 radical (unpaired) electrons. The summed E-state index contributed by atoms with van der Waals surface area (Å²) in [6.45, 7) is 0. The maximum absolute atomic E-state index is 6.46. The van der Waals surface area contributed by atoms with E-state index in [0.29, 0.717) is 0 Å². The molecule has 0 aromatic heterocycles. The smallest absolute Gasteiger partial charge is 0.0400 e. The minimum absolute atomic E-state index is 0.773. The van der Waals surface area contributed by atoms with E-state index in [0.717, 1.165) is 32.4 Å². The molecule has 2 heteroatoms. The van der Waals surface area contributed by atoms with Crippen molar-refractivity contribution in [2.75, 3.05) is 5.73 Å². The van der Waals surface area contributed by atoms with E-state index in [1.54, 1.807) is 0 Å². The van der Waals surface area contributed by atoms with E-state index in [2.05, 4.69) is 107 Å². The van der Waals surface area contributed by atoms with Crippen molar-refractivity contribution in [1.82, 2.24) is 0 Å². The van der Waals surface area contributed by atoms with E-state index in [-0.39, 0.29) is 0 Å². The van der Waals surface area contributed by atoms with Crippen LogP contribution in [0.1, 0.15) is 0 Å². The van der Waals surface area contributed by atoms with Crippen molar-refractivity contribution in [3.63, 3.8) is 0 Å². The normalized spacial score (nSPS) is 11.0. The molecule has 5 aromatic carbocycles. The van der Waals surface area contributed by atoms with Crippen LogP contribution in [0.5, 0.6) is 0 Å². The average Bonchev–Trinajstić information content (AvgIpc) is 2.81. The molecule has 0 bridgehead atoms. The summed E-state index contributed by atoms with van der Waals surface area (Å²) in [5.41, 5.74) is 14.1. The molecule has 0 saturated carbocycles. The molecule has 0 spiro atoms. The lowest BCUT2D eigenvalue weighted by Gasteiger charge is -2.16. The van der Waals surface area contributed by atoms with Gasteiger partial charge in [0.2, 0.25) is 0 Å². The summed E-state index contributed by atoms with van der Waals surface area (Å²) >= 11 is 3.74. The Bertz CT molecular complexity index is 1330. The van der Waals surface area contributed by atoms with E-state index < -0.39 is 0 Å². The van der Waals surface area contributed by atoms with Gasteiger partial charge in [-0.2, -0.15) is 0 Å². The van der Waals surface area contributed by atoms with Gasteiger partial charge in [0.05, 0.1) is 0 Å². The van der Waals surface area contributed by atoms with E-state index in [1.165, 1.54) is 21.9 Å². The molecular weight excluding hydrogens is 430 g/mol. The van der Waals surface area contributed by atoms with Gasteiger partial charge in [-0.05, 0) is 45.2 Å². The maximum Gasteiger partial charge on any atom is 0.0400 e. The lowest BCUT2D eigenvalue weighted by Crippen LogP contribution is -1.95. The Hall–Kier alpha value is -3.36. The third-order valence-corrected chi connectivity index (χ3v) is 6.18. The van der Waals surface area contributed by atoms with E-state index in [4.69, 9.17) is 5.73 Å². The second-order valence-corrected chi connectivity index (χ2v) is 8.21. The highest BCUT2D eigenvalue weighted by atomic mass is 79.9. The standard InChI is InChI=1S/C28H20BrN/c29-25-17-18-26(30)28(27(25)21-8-2-1-3-9-21)22-15-13-20(14-16-22)24-12-6-10-19-7-4-5-11-23(19)24/h1-18H,30H2. The minimum Gasteiger partial charge on any atom is -0.398 e. The first-order chi connectivity index (χ1) is 14.7. The molecule has 1 nitrogen and oxygen atoms in total. The van der Waals surface area contributed by atoms with Crippen LogP contribution in [0, 0.1) is 0 Å². The van der Waals surface area contributed by atoms with Gasteiger partial charge in [-0.1, -0.05) is 113 Å². The Morgan fingerprint density at radius 2 is 1.13 bits per heavy atom. The van der Waals surface area contributed by atoms with Crippen LogP contribution < -0.4 is 5.73 Å². The topological polar surface area (TPSA) is 26.0 Å². The molecule has 5 rings (SSSR count). The van der Waals surface area contributed by atoms with Gasteiger partial charge in [0.15, 0.2) is 0 Å². The summed E-state index contributed by atoms with van der Waals surface area (Å²) in [7, 11) is 0. The van der Waals surface area contributed by atoms with Crippen molar-refractivity contribution < 1.29 is 0 Å². The molecule has 30 heavy (non-hydrogen) atoms. The lowest BCUT2D eigenvalue weighted by molar-refractivity contribution is 1.55. The molecule has 0 aliphatic heterocycles. The number of halogens is 1. The van der Waals surface area contributed by atoms with Crippen molar-refractivity contribution in [3.8, 4) is 33.4 Å². The predicted octanol–water partition coefficient (Wildman–Crippen LogP) is 8.19. The van der Waals surface area contributed by atoms with Crippen LogP contribution in [-0.2, 0) is 0 Å². The summed E-state index contributed by atoms with van der Waals surface area (Å²) in [6, 6.07) is 38.0. The van der Waals surface area contributed by atoms with Crippen molar-refractivity contribution in [2.24, 2.45) is 0 Å². The molecule has 5 aromatic rings. The summed E-state index contributed by atoms with van der Waals surface area (Å²) in [5.74, 6) is 0. The monoisotopic (exact) mass is 449 g/mol. The average molecular weight is 450 g/mol. The third kappa shape index (κ3) is 3.30. The number of rotatable bonds is 3. The quantitative estimate of drug-likeness (QED) is 0.276. The Balaban J connectivity index is 1.65. The Labute approximate surface area is 184 Å². The number of anilines is 1. The second-order valence-electron chi connectivity index (χ2n) is 7.36. The van der Waals surface area contributed by atoms with Gasteiger partial charge in [0.25, 0.3) is 0 Å². The van der Waals surface area contributed by atoms with E-state index in [9.17, 15) is 0 Å². The van der Waals surface area contributed by atoms with Crippen LogP contribution in [0.4, 0.5) is 5.69 Å². The molecule has 2 N–H and O–H groups in total. The number of nitrogen functional groups attached to an aromatic ring is 1. The number of hydrogen-bond donors (Lipinski definition) is 1. The van der Waals surface area contributed by atoms with Crippen LogP contribution in [0.2, 0.25) is 0 Å².